The highest BCUT2D eigenvalue weighted by Crippen LogP contribution is 2.42. The predicted octanol–water partition coefficient (Wildman–Crippen LogP) is 3.44. The molecule has 0 heterocycles. The molecular weight excluding hydrogens is 268 g/mol. The lowest BCUT2D eigenvalue weighted by atomic mass is 10.1. The Morgan fingerprint density at radius 2 is 1.74 bits per heavy atom. The van der Waals surface area contributed by atoms with E-state index in [9.17, 15) is 4.79 Å². The van der Waals surface area contributed by atoms with E-state index < -0.39 is 5.97 Å². The van der Waals surface area contributed by atoms with Crippen LogP contribution in [0.5, 0.6) is 17.2 Å². The quantitative estimate of drug-likeness (QED) is 0.638. The van der Waals surface area contributed by atoms with Crippen LogP contribution in [0.25, 0.3) is 10.8 Å². The number of ether oxygens (including phenoxy) is 3. The van der Waals surface area contributed by atoms with Crippen molar-refractivity contribution >= 4 is 28.3 Å². The molecule has 0 amide bonds. The predicted molar refractivity (Wildman–Crippen MR) is 73.4 cm³/mol. The molecule has 0 radical (unpaired) electrons. The van der Waals surface area contributed by atoms with Gasteiger partial charge in [-0.05, 0) is 18.2 Å². The molecule has 0 spiro atoms. The van der Waals surface area contributed by atoms with Crippen molar-refractivity contribution in [2.45, 2.75) is 6.92 Å². The molecule has 0 fully saturated rings. The van der Waals surface area contributed by atoms with Gasteiger partial charge in [-0.25, -0.2) is 0 Å². The average Bonchev–Trinajstić information content (AvgIpc) is 2.38. The van der Waals surface area contributed by atoms with Gasteiger partial charge in [0, 0.05) is 28.8 Å². The maximum absolute atomic E-state index is 11.2. The van der Waals surface area contributed by atoms with E-state index in [1.165, 1.54) is 14.0 Å². The van der Waals surface area contributed by atoms with Crippen molar-refractivity contribution in [2.75, 3.05) is 14.2 Å². The lowest BCUT2D eigenvalue weighted by Gasteiger charge is -2.14. The summed E-state index contributed by atoms with van der Waals surface area (Å²) in [6.07, 6.45) is 0. The molecule has 0 atom stereocenters. The van der Waals surface area contributed by atoms with Gasteiger partial charge >= 0.3 is 5.97 Å². The summed E-state index contributed by atoms with van der Waals surface area (Å²) in [6.45, 7) is 1.34. The normalized spacial score (nSPS) is 10.3. The molecule has 0 saturated carbocycles. The zero-order valence-corrected chi connectivity index (χ0v) is 11.6. The molecule has 5 heteroatoms. The number of carbonyl (C=O) groups excluding carboxylic acids is 1. The van der Waals surface area contributed by atoms with Crippen molar-refractivity contribution in [3.8, 4) is 17.2 Å². The van der Waals surface area contributed by atoms with Gasteiger partial charge in [-0.15, -0.1) is 0 Å². The van der Waals surface area contributed by atoms with Gasteiger partial charge < -0.3 is 14.2 Å². The van der Waals surface area contributed by atoms with Crippen LogP contribution < -0.4 is 14.2 Å². The number of carbonyl (C=O) groups is 1. The van der Waals surface area contributed by atoms with Crippen molar-refractivity contribution in [2.24, 2.45) is 0 Å². The molecule has 0 bridgehead atoms. The van der Waals surface area contributed by atoms with E-state index in [4.69, 9.17) is 25.8 Å². The number of fused-ring (bicyclic) bond motifs is 1. The van der Waals surface area contributed by atoms with Crippen LogP contribution in [-0.4, -0.2) is 20.2 Å². The summed E-state index contributed by atoms with van der Waals surface area (Å²) in [7, 11) is 3.06. The van der Waals surface area contributed by atoms with E-state index >= 15 is 0 Å². The van der Waals surface area contributed by atoms with Crippen molar-refractivity contribution in [3.63, 3.8) is 0 Å². The highest BCUT2D eigenvalue weighted by atomic mass is 35.5. The van der Waals surface area contributed by atoms with Gasteiger partial charge in [0.2, 0.25) is 0 Å². The summed E-state index contributed by atoms with van der Waals surface area (Å²) in [5.74, 6) is 0.981. The van der Waals surface area contributed by atoms with E-state index in [0.717, 1.165) is 5.39 Å². The third-order valence-corrected chi connectivity index (χ3v) is 2.90. The number of halogens is 1. The summed E-state index contributed by atoms with van der Waals surface area (Å²) >= 11 is 5.98. The number of benzene rings is 2. The van der Waals surface area contributed by atoms with Crippen LogP contribution >= 0.6 is 11.6 Å². The SMILES string of the molecule is COc1cc(OC)c2cc(Cl)ccc2c1OC(C)=O. The molecule has 0 aliphatic heterocycles. The van der Waals surface area contributed by atoms with Gasteiger partial charge in [0.05, 0.1) is 14.2 Å². The molecule has 0 N–H and O–H groups in total. The first-order valence-electron chi connectivity index (χ1n) is 5.59. The number of rotatable bonds is 3. The Bertz CT molecular complexity index is 637. The average molecular weight is 281 g/mol. The minimum Gasteiger partial charge on any atom is -0.496 e. The van der Waals surface area contributed by atoms with Crippen LogP contribution in [0.4, 0.5) is 0 Å². The minimum atomic E-state index is -0.417. The van der Waals surface area contributed by atoms with Crippen LogP contribution in [0.1, 0.15) is 6.92 Å². The third kappa shape index (κ3) is 2.58. The molecule has 100 valence electrons. The van der Waals surface area contributed by atoms with E-state index in [2.05, 4.69) is 0 Å². The summed E-state index contributed by atoms with van der Waals surface area (Å²) < 4.78 is 15.8. The van der Waals surface area contributed by atoms with Gasteiger partial charge in [0.25, 0.3) is 0 Å². The zero-order valence-electron chi connectivity index (χ0n) is 10.8. The first kappa shape index (κ1) is 13.5. The lowest BCUT2D eigenvalue weighted by Crippen LogP contribution is -2.04. The molecule has 2 rings (SSSR count). The molecule has 2 aromatic carbocycles. The number of hydrogen-bond donors (Lipinski definition) is 0. The molecule has 0 saturated heterocycles. The fourth-order valence-corrected chi connectivity index (χ4v) is 2.06. The van der Waals surface area contributed by atoms with Crippen LogP contribution in [0.3, 0.4) is 0 Å². The molecule has 2 aromatic rings. The highest BCUT2D eigenvalue weighted by Gasteiger charge is 2.16. The van der Waals surface area contributed by atoms with E-state index in [1.54, 1.807) is 31.4 Å². The van der Waals surface area contributed by atoms with E-state index in [1.807, 2.05) is 0 Å². The molecule has 0 unspecified atom stereocenters. The van der Waals surface area contributed by atoms with Crippen LogP contribution in [0, 0.1) is 0 Å². The van der Waals surface area contributed by atoms with E-state index in [-0.39, 0.29) is 0 Å². The Morgan fingerprint density at radius 3 is 2.32 bits per heavy atom. The standard InChI is InChI=1S/C14H13ClO4/c1-8(16)19-14-10-5-4-9(15)6-11(10)12(17-2)7-13(14)18-3/h4-7H,1-3H3. The van der Waals surface area contributed by atoms with E-state index in [0.29, 0.717) is 27.7 Å². The minimum absolute atomic E-state index is 0.363. The molecule has 19 heavy (non-hydrogen) atoms. The zero-order chi connectivity index (χ0) is 14.0. The Kier molecular flexibility index (Phi) is 3.81. The fraction of sp³-hybridized carbons (Fsp3) is 0.214. The Hall–Kier alpha value is -1.94. The van der Waals surface area contributed by atoms with Crippen molar-refractivity contribution in [1.29, 1.82) is 0 Å². The van der Waals surface area contributed by atoms with Crippen molar-refractivity contribution in [3.05, 3.63) is 29.3 Å². The number of hydrogen-bond acceptors (Lipinski definition) is 4. The van der Waals surface area contributed by atoms with Gasteiger partial charge in [-0.3, -0.25) is 4.79 Å². The Labute approximate surface area is 115 Å². The lowest BCUT2D eigenvalue weighted by molar-refractivity contribution is -0.131. The van der Waals surface area contributed by atoms with Gasteiger partial charge in [-0.1, -0.05) is 11.6 Å². The summed E-state index contributed by atoms with van der Waals surface area (Å²) in [5, 5.41) is 2.03. The van der Waals surface area contributed by atoms with Gasteiger partial charge in [0.1, 0.15) is 5.75 Å². The van der Waals surface area contributed by atoms with Crippen LogP contribution in [-0.2, 0) is 4.79 Å². The second-order valence-corrected chi connectivity index (χ2v) is 4.33. The second-order valence-electron chi connectivity index (χ2n) is 3.89. The van der Waals surface area contributed by atoms with Crippen LogP contribution in [0.15, 0.2) is 24.3 Å². The second kappa shape index (κ2) is 5.36. The highest BCUT2D eigenvalue weighted by molar-refractivity contribution is 6.31. The third-order valence-electron chi connectivity index (χ3n) is 2.66. The first-order valence-corrected chi connectivity index (χ1v) is 5.97. The van der Waals surface area contributed by atoms with Gasteiger partial charge in [0.15, 0.2) is 11.5 Å². The largest absolute Gasteiger partial charge is 0.496 e. The van der Waals surface area contributed by atoms with Gasteiger partial charge in [-0.2, -0.15) is 0 Å². The monoisotopic (exact) mass is 280 g/mol. The maximum atomic E-state index is 11.2. The van der Waals surface area contributed by atoms with Crippen LogP contribution in [0.2, 0.25) is 5.02 Å². The first-order chi connectivity index (χ1) is 9.06. The topological polar surface area (TPSA) is 44.8 Å². The molecule has 0 aliphatic rings. The summed E-state index contributed by atoms with van der Waals surface area (Å²) in [4.78, 5) is 11.2. The summed E-state index contributed by atoms with van der Waals surface area (Å²) in [6, 6.07) is 6.90. The number of esters is 1. The molecule has 0 aromatic heterocycles. The summed E-state index contributed by atoms with van der Waals surface area (Å²) in [5.41, 5.74) is 0. The van der Waals surface area contributed by atoms with Crippen molar-refractivity contribution < 1.29 is 19.0 Å². The number of methoxy groups -OCH3 is 2. The molecule has 0 aliphatic carbocycles. The smallest absolute Gasteiger partial charge is 0.308 e. The maximum Gasteiger partial charge on any atom is 0.308 e. The Morgan fingerprint density at radius 1 is 1.05 bits per heavy atom. The fourth-order valence-electron chi connectivity index (χ4n) is 1.88. The molecule has 4 nitrogen and oxygen atoms in total. The van der Waals surface area contributed by atoms with Crippen molar-refractivity contribution in [1.82, 2.24) is 0 Å². The molecular formula is C14H13ClO4. The Balaban J connectivity index is 2.80.